The molecular formula is C27H45NaO4S. The second kappa shape index (κ2) is 10.2. The van der Waals surface area contributed by atoms with E-state index in [1.165, 1.54) is 32.1 Å². The summed E-state index contributed by atoms with van der Waals surface area (Å²) in [6, 6.07) is 0. The predicted octanol–water partition coefficient (Wildman–Crippen LogP) is 2.92. The molecule has 0 heterocycles. The molecule has 1 unspecified atom stereocenters. The molecule has 184 valence electrons. The largest absolute Gasteiger partial charge is 1.00 e. The van der Waals surface area contributed by atoms with Crippen molar-refractivity contribution in [3.8, 4) is 0 Å². The Bertz CT molecular complexity index is 839. The Labute approximate surface area is 224 Å². The van der Waals surface area contributed by atoms with Crippen molar-refractivity contribution in [2.24, 2.45) is 46.3 Å². The average molecular weight is 489 g/mol. The summed E-state index contributed by atoms with van der Waals surface area (Å²) >= 11 is 0. The summed E-state index contributed by atoms with van der Waals surface area (Å²) < 4.78 is 37.1. The minimum absolute atomic E-state index is 0. The molecule has 0 aromatic rings. The SMILES string of the molecule is CC(C)CCC[C@@H](C)[C@H]1CC[C@H]2[C@@H]3CC=C4C[C@@H](O)CC(S(=O)(=O)[O-])[C@]4(C)[C@H]3CC[C@]12C.[Na+]. The van der Waals surface area contributed by atoms with E-state index in [-0.39, 0.29) is 41.9 Å². The smallest absolute Gasteiger partial charge is 0.748 e. The molecule has 0 aliphatic heterocycles. The summed E-state index contributed by atoms with van der Waals surface area (Å²) in [5.41, 5.74) is 0.771. The normalized spacial score (nSPS) is 43.7. The summed E-state index contributed by atoms with van der Waals surface area (Å²) in [6.45, 7) is 11.7. The van der Waals surface area contributed by atoms with Crippen LogP contribution in [0, 0.1) is 46.3 Å². The Morgan fingerprint density at radius 2 is 1.82 bits per heavy atom. The zero-order chi connectivity index (χ0) is 23.5. The number of aliphatic hydroxyl groups is 1. The molecule has 6 heteroatoms. The number of aliphatic hydroxyl groups excluding tert-OH is 1. The second-order valence-corrected chi connectivity index (χ2v) is 14.3. The fraction of sp³-hybridized carbons (Fsp3) is 0.926. The molecule has 4 aliphatic carbocycles. The molecule has 0 saturated heterocycles. The van der Waals surface area contributed by atoms with E-state index >= 15 is 0 Å². The van der Waals surface area contributed by atoms with Gasteiger partial charge in [-0.3, -0.25) is 0 Å². The first-order valence-electron chi connectivity index (χ1n) is 13.2. The predicted molar refractivity (Wildman–Crippen MR) is 128 cm³/mol. The minimum Gasteiger partial charge on any atom is -0.748 e. The molecule has 4 nitrogen and oxygen atoms in total. The number of rotatable bonds is 6. The molecule has 9 atom stereocenters. The fourth-order valence-corrected chi connectivity index (χ4v) is 10.5. The van der Waals surface area contributed by atoms with Crippen molar-refractivity contribution in [2.75, 3.05) is 0 Å². The van der Waals surface area contributed by atoms with E-state index in [9.17, 15) is 18.1 Å². The van der Waals surface area contributed by atoms with Gasteiger partial charge in [0.15, 0.2) is 0 Å². The van der Waals surface area contributed by atoms with Crippen molar-refractivity contribution < 1.29 is 47.6 Å². The maximum atomic E-state index is 12.4. The van der Waals surface area contributed by atoms with Crippen LogP contribution in [0.2, 0.25) is 0 Å². The maximum Gasteiger partial charge on any atom is 1.00 e. The fourth-order valence-electron chi connectivity index (χ4n) is 9.12. The van der Waals surface area contributed by atoms with Gasteiger partial charge in [0.05, 0.1) is 21.5 Å². The van der Waals surface area contributed by atoms with Crippen LogP contribution in [0.1, 0.15) is 98.8 Å². The first-order valence-corrected chi connectivity index (χ1v) is 14.7. The van der Waals surface area contributed by atoms with Gasteiger partial charge in [0, 0.05) is 5.41 Å². The Hall–Kier alpha value is 0.610. The molecule has 0 bridgehead atoms. The van der Waals surface area contributed by atoms with Gasteiger partial charge in [-0.25, -0.2) is 8.42 Å². The van der Waals surface area contributed by atoms with E-state index in [4.69, 9.17) is 0 Å². The van der Waals surface area contributed by atoms with Gasteiger partial charge in [-0.1, -0.05) is 65.5 Å². The van der Waals surface area contributed by atoms with Gasteiger partial charge < -0.3 is 9.66 Å². The van der Waals surface area contributed by atoms with Crippen LogP contribution in [-0.2, 0) is 10.1 Å². The van der Waals surface area contributed by atoms with Crippen molar-refractivity contribution in [1.82, 2.24) is 0 Å². The Kier molecular flexibility index (Phi) is 8.68. The molecule has 33 heavy (non-hydrogen) atoms. The third kappa shape index (κ3) is 4.94. The van der Waals surface area contributed by atoms with Crippen LogP contribution in [0.5, 0.6) is 0 Å². The topological polar surface area (TPSA) is 77.4 Å². The molecule has 0 amide bonds. The summed E-state index contributed by atoms with van der Waals surface area (Å²) in [5.74, 6) is 3.60. The molecule has 0 radical (unpaired) electrons. The van der Waals surface area contributed by atoms with Crippen molar-refractivity contribution in [1.29, 1.82) is 0 Å². The van der Waals surface area contributed by atoms with Gasteiger partial charge >= 0.3 is 29.6 Å². The first-order chi connectivity index (χ1) is 14.9. The van der Waals surface area contributed by atoms with Gasteiger partial charge in [0.1, 0.15) is 0 Å². The standard InChI is InChI=1S/C27H46O4S.Na/c1-17(2)7-6-8-18(3)22-11-12-23-21-10-9-19-15-20(28)16-25(32(29,30)31)27(19,5)24(21)13-14-26(22,23)4;/h9,17-18,20-25,28H,6-8,10-16H2,1-5H3,(H,29,30,31);/q;+1/p-1/t18-,20-,21+,22-,23+,24+,25?,26-,27+;/m1./s1. The van der Waals surface area contributed by atoms with Crippen LogP contribution in [0.3, 0.4) is 0 Å². The number of fused-ring (bicyclic) bond motifs is 5. The minimum atomic E-state index is -4.47. The Balaban J connectivity index is 0.00000306. The van der Waals surface area contributed by atoms with Crippen LogP contribution in [0.25, 0.3) is 0 Å². The summed E-state index contributed by atoms with van der Waals surface area (Å²) in [5, 5.41) is 9.35. The Morgan fingerprint density at radius 3 is 2.45 bits per heavy atom. The van der Waals surface area contributed by atoms with E-state index in [1.54, 1.807) is 0 Å². The van der Waals surface area contributed by atoms with Crippen molar-refractivity contribution >= 4 is 10.1 Å². The van der Waals surface area contributed by atoms with Gasteiger partial charge in [0.2, 0.25) is 0 Å². The molecule has 4 rings (SSSR count). The number of hydrogen-bond donors (Lipinski definition) is 1. The van der Waals surface area contributed by atoms with Gasteiger partial charge in [-0.05, 0) is 85.9 Å². The maximum absolute atomic E-state index is 12.4. The third-order valence-corrected chi connectivity index (χ3v) is 12.1. The van der Waals surface area contributed by atoms with E-state index < -0.39 is 26.9 Å². The molecule has 0 aromatic carbocycles. The van der Waals surface area contributed by atoms with E-state index in [0.29, 0.717) is 23.7 Å². The van der Waals surface area contributed by atoms with Crippen LogP contribution >= 0.6 is 0 Å². The van der Waals surface area contributed by atoms with Crippen LogP contribution in [0.15, 0.2) is 11.6 Å². The monoisotopic (exact) mass is 488 g/mol. The molecule has 4 aliphatic rings. The van der Waals surface area contributed by atoms with Crippen LogP contribution < -0.4 is 29.6 Å². The van der Waals surface area contributed by atoms with Crippen molar-refractivity contribution in [3.05, 3.63) is 11.6 Å². The molecule has 3 saturated carbocycles. The van der Waals surface area contributed by atoms with Gasteiger partial charge in [-0.15, -0.1) is 0 Å². The molecule has 3 fully saturated rings. The number of hydrogen-bond acceptors (Lipinski definition) is 4. The zero-order valence-corrected chi connectivity index (χ0v) is 24.7. The quantitative estimate of drug-likeness (QED) is 0.354. The second-order valence-electron chi connectivity index (χ2n) is 12.7. The van der Waals surface area contributed by atoms with Crippen LogP contribution in [0.4, 0.5) is 0 Å². The van der Waals surface area contributed by atoms with E-state index in [2.05, 4.69) is 33.8 Å². The van der Waals surface area contributed by atoms with E-state index in [0.717, 1.165) is 42.6 Å². The molecule has 0 spiro atoms. The zero-order valence-electron chi connectivity index (χ0n) is 21.8. The third-order valence-electron chi connectivity index (χ3n) is 10.7. The van der Waals surface area contributed by atoms with Crippen molar-refractivity contribution in [2.45, 2.75) is 110 Å². The summed E-state index contributed by atoms with van der Waals surface area (Å²) in [7, 11) is -4.47. The summed E-state index contributed by atoms with van der Waals surface area (Å²) in [6.07, 6.45) is 11.8. The van der Waals surface area contributed by atoms with Crippen molar-refractivity contribution in [3.63, 3.8) is 0 Å². The van der Waals surface area contributed by atoms with Gasteiger partial charge in [0.25, 0.3) is 0 Å². The van der Waals surface area contributed by atoms with E-state index in [1.807, 2.05) is 6.92 Å². The Morgan fingerprint density at radius 1 is 1.12 bits per heavy atom. The van der Waals surface area contributed by atoms with Crippen LogP contribution in [-0.4, -0.2) is 29.4 Å². The molecule has 0 aromatic heterocycles. The first kappa shape index (κ1) is 28.2. The molecular weight excluding hydrogens is 443 g/mol. The number of allylic oxidation sites excluding steroid dienone is 1. The van der Waals surface area contributed by atoms with Gasteiger partial charge in [-0.2, -0.15) is 0 Å². The molecule has 1 N–H and O–H groups in total. The average Bonchev–Trinajstić information content (AvgIpc) is 3.04. The summed E-state index contributed by atoms with van der Waals surface area (Å²) in [4.78, 5) is 0.